The van der Waals surface area contributed by atoms with Crippen molar-refractivity contribution >= 4 is 0 Å². The number of rotatable bonds is 5. The average molecular weight is 350 g/mol. The second-order valence-electron chi connectivity index (χ2n) is 9.24. The summed E-state index contributed by atoms with van der Waals surface area (Å²) in [4.78, 5) is 0. The highest BCUT2D eigenvalue weighted by atomic mass is 14.7. The van der Waals surface area contributed by atoms with Crippen molar-refractivity contribution in [3.8, 4) is 0 Å². The Bertz CT molecular complexity index is 730. The Morgan fingerprint density at radius 2 is 1.54 bits per heavy atom. The molecule has 0 atom stereocenters. The molecule has 0 radical (unpaired) electrons. The lowest BCUT2D eigenvalue weighted by Gasteiger charge is -2.39. The van der Waals surface area contributed by atoms with Crippen LogP contribution in [0, 0.1) is 5.92 Å². The zero-order valence-corrected chi connectivity index (χ0v) is 17.0. The van der Waals surface area contributed by atoms with Crippen molar-refractivity contribution in [2.45, 2.75) is 77.2 Å². The quantitative estimate of drug-likeness (QED) is 0.670. The number of hydrogen-bond acceptors (Lipinski definition) is 1. The fourth-order valence-electron chi connectivity index (χ4n) is 4.58. The Morgan fingerprint density at radius 3 is 2.15 bits per heavy atom. The zero-order valence-electron chi connectivity index (χ0n) is 17.0. The Labute approximate surface area is 160 Å². The number of nitrogens with two attached hydrogens (primary N) is 1. The van der Waals surface area contributed by atoms with Crippen molar-refractivity contribution < 1.29 is 0 Å². The van der Waals surface area contributed by atoms with Crippen LogP contribution in [0.2, 0.25) is 0 Å². The van der Waals surface area contributed by atoms with E-state index < -0.39 is 0 Å². The molecule has 0 saturated heterocycles. The molecule has 2 aromatic rings. The third kappa shape index (κ3) is 4.04. The largest absolute Gasteiger partial charge is 0.322 e. The molecule has 140 valence electrons. The van der Waals surface area contributed by atoms with Crippen LogP contribution in [0.15, 0.2) is 48.5 Å². The Morgan fingerprint density at radius 1 is 0.923 bits per heavy atom. The molecular weight excluding hydrogens is 314 g/mol. The van der Waals surface area contributed by atoms with E-state index in [1.165, 1.54) is 54.4 Å². The maximum Gasteiger partial charge on any atom is 0.0352 e. The van der Waals surface area contributed by atoms with Gasteiger partial charge in [-0.25, -0.2) is 0 Å². The fraction of sp³-hybridized carbons (Fsp3) is 0.520. The minimum atomic E-state index is -0.300. The predicted octanol–water partition coefficient (Wildman–Crippen LogP) is 6.33. The molecule has 0 bridgehead atoms. The minimum absolute atomic E-state index is 0.145. The summed E-state index contributed by atoms with van der Waals surface area (Å²) in [5.41, 5.74) is 11.9. The fourth-order valence-corrected chi connectivity index (χ4v) is 4.58. The van der Waals surface area contributed by atoms with Gasteiger partial charge in [-0.3, -0.25) is 0 Å². The van der Waals surface area contributed by atoms with Gasteiger partial charge in [0, 0.05) is 11.0 Å². The maximum absolute atomic E-state index is 6.42. The van der Waals surface area contributed by atoms with E-state index in [1.807, 2.05) is 0 Å². The second-order valence-corrected chi connectivity index (χ2v) is 9.24. The van der Waals surface area contributed by atoms with Crippen molar-refractivity contribution in [1.82, 2.24) is 0 Å². The molecule has 0 amide bonds. The molecule has 2 N–H and O–H groups in total. The summed E-state index contributed by atoms with van der Waals surface area (Å²) in [6, 6.07) is 18.5. The Kier molecular flexibility index (Phi) is 5.58. The first-order valence-corrected chi connectivity index (χ1v) is 10.3. The van der Waals surface area contributed by atoms with Crippen molar-refractivity contribution in [3.05, 3.63) is 70.8 Å². The summed E-state index contributed by atoms with van der Waals surface area (Å²) in [5.74, 6) is 0.689. The van der Waals surface area contributed by atoms with Crippen LogP contribution in [-0.4, -0.2) is 0 Å². The van der Waals surface area contributed by atoms with Gasteiger partial charge in [-0.1, -0.05) is 81.6 Å². The van der Waals surface area contributed by atoms with Gasteiger partial charge in [-0.2, -0.15) is 0 Å². The second kappa shape index (κ2) is 7.56. The summed E-state index contributed by atoms with van der Waals surface area (Å²) < 4.78 is 0. The standard InChI is InChI=1S/C25H35N/c1-19(2)16-20-10-8-12-22(17-20)25(14-6-5-7-15-25)23-13-9-11-21(18-23)24(3,4)26/h8-13,17-19H,5-7,14-16,26H2,1-4H3. The van der Waals surface area contributed by atoms with E-state index in [-0.39, 0.29) is 11.0 Å². The lowest BCUT2D eigenvalue weighted by atomic mass is 9.64. The molecule has 1 aliphatic carbocycles. The molecule has 26 heavy (non-hydrogen) atoms. The lowest BCUT2D eigenvalue weighted by molar-refractivity contribution is 0.345. The average Bonchev–Trinajstić information content (AvgIpc) is 2.61. The highest BCUT2D eigenvalue weighted by molar-refractivity contribution is 5.44. The molecule has 3 rings (SSSR count). The van der Waals surface area contributed by atoms with Gasteiger partial charge >= 0.3 is 0 Å². The molecule has 0 unspecified atom stereocenters. The van der Waals surface area contributed by atoms with Gasteiger partial charge in [0.05, 0.1) is 0 Å². The molecule has 0 heterocycles. The van der Waals surface area contributed by atoms with Crippen LogP contribution in [0.4, 0.5) is 0 Å². The Balaban J connectivity index is 2.08. The highest BCUT2D eigenvalue weighted by Gasteiger charge is 2.36. The van der Waals surface area contributed by atoms with Crippen molar-refractivity contribution in [2.75, 3.05) is 0 Å². The van der Waals surface area contributed by atoms with Crippen LogP contribution in [0.1, 0.15) is 82.1 Å². The monoisotopic (exact) mass is 349 g/mol. The van der Waals surface area contributed by atoms with Gasteiger partial charge in [0.2, 0.25) is 0 Å². The van der Waals surface area contributed by atoms with Gasteiger partial charge in [0.15, 0.2) is 0 Å². The van der Waals surface area contributed by atoms with Gasteiger partial charge in [-0.05, 0) is 61.3 Å². The lowest BCUT2D eigenvalue weighted by Crippen LogP contribution is -2.33. The van der Waals surface area contributed by atoms with E-state index in [0.717, 1.165) is 6.42 Å². The summed E-state index contributed by atoms with van der Waals surface area (Å²) in [5, 5.41) is 0. The maximum atomic E-state index is 6.42. The first-order valence-electron chi connectivity index (χ1n) is 10.3. The molecule has 1 nitrogen and oxygen atoms in total. The van der Waals surface area contributed by atoms with Crippen LogP contribution in [0.5, 0.6) is 0 Å². The SMILES string of the molecule is CC(C)Cc1cccc(C2(c3cccc(C(C)(C)N)c3)CCCCC2)c1. The highest BCUT2D eigenvalue weighted by Crippen LogP contribution is 2.45. The Hall–Kier alpha value is -1.60. The molecule has 1 saturated carbocycles. The molecule has 0 aliphatic heterocycles. The third-order valence-corrected chi connectivity index (χ3v) is 5.99. The number of hydrogen-bond donors (Lipinski definition) is 1. The molecule has 1 heteroatoms. The van der Waals surface area contributed by atoms with Crippen molar-refractivity contribution in [2.24, 2.45) is 11.7 Å². The molecule has 0 aromatic heterocycles. The van der Waals surface area contributed by atoms with E-state index in [4.69, 9.17) is 5.73 Å². The number of benzene rings is 2. The van der Waals surface area contributed by atoms with E-state index >= 15 is 0 Å². The van der Waals surface area contributed by atoms with Crippen molar-refractivity contribution in [1.29, 1.82) is 0 Å². The summed E-state index contributed by atoms with van der Waals surface area (Å²) in [6.07, 6.45) is 7.61. The first kappa shape index (κ1) is 19.2. The first-order chi connectivity index (χ1) is 12.3. The molecular formula is C25H35N. The van der Waals surface area contributed by atoms with Gasteiger partial charge in [-0.15, -0.1) is 0 Å². The molecule has 0 spiro atoms. The normalized spacial score (nSPS) is 17.5. The van der Waals surface area contributed by atoms with Crippen LogP contribution in [-0.2, 0) is 17.4 Å². The van der Waals surface area contributed by atoms with Crippen LogP contribution in [0.3, 0.4) is 0 Å². The minimum Gasteiger partial charge on any atom is -0.322 e. The smallest absolute Gasteiger partial charge is 0.0352 e. The van der Waals surface area contributed by atoms with Gasteiger partial charge < -0.3 is 5.73 Å². The van der Waals surface area contributed by atoms with E-state index in [2.05, 4.69) is 76.2 Å². The predicted molar refractivity (Wildman–Crippen MR) is 113 cm³/mol. The summed E-state index contributed by atoms with van der Waals surface area (Å²) in [7, 11) is 0. The van der Waals surface area contributed by atoms with E-state index in [9.17, 15) is 0 Å². The van der Waals surface area contributed by atoms with E-state index in [0.29, 0.717) is 5.92 Å². The zero-order chi connectivity index (χ0) is 18.8. The summed E-state index contributed by atoms with van der Waals surface area (Å²) >= 11 is 0. The molecule has 2 aromatic carbocycles. The van der Waals surface area contributed by atoms with Crippen LogP contribution in [0.25, 0.3) is 0 Å². The van der Waals surface area contributed by atoms with Crippen LogP contribution >= 0.6 is 0 Å². The third-order valence-electron chi connectivity index (χ3n) is 5.99. The molecule has 1 fully saturated rings. The molecule has 1 aliphatic rings. The topological polar surface area (TPSA) is 26.0 Å². The van der Waals surface area contributed by atoms with E-state index in [1.54, 1.807) is 0 Å². The van der Waals surface area contributed by atoms with Gasteiger partial charge in [0.25, 0.3) is 0 Å². The van der Waals surface area contributed by atoms with Gasteiger partial charge in [0.1, 0.15) is 0 Å². The van der Waals surface area contributed by atoms with Crippen molar-refractivity contribution in [3.63, 3.8) is 0 Å². The summed E-state index contributed by atoms with van der Waals surface area (Å²) in [6.45, 7) is 8.80. The van der Waals surface area contributed by atoms with Crippen LogP contribution < -0.4 is 5.73 Å².